The third-order valence-corrected chi connectivity index (χ3v) is 6.35. The lowest BCUT2D eigenvalue weighted by Gasteiger charge is -2.32. The molecule has 1 aliphatic heterocycles. The topological polar surface area (TPSA) is 104 Å². The smallest absolute Gasteiger partial charge is 0.324 e. The highest BCUT2D eigenvalue weighted by atomic mass is 32.2. The molecule has 4 rings (SSSR count). The Hall–Kier alpha value is -3.07. The lowest BCUT2D eigenvalue weighted by Crippen LogP contribution is -2.47. The van der Waals surface area contributed by atoms with Crippen molar-refractivity contribution in [3.05, 3.63) is 65.1 Å². The molecule has 0 bridgehead atoms. The SMILES string of the molecule is O=C(NS(=O)(=O)c1ccccc1)N1CCC(n2c(=O)[nH]c3ccccc32)CC1. The number of nitrogens with one attached hydrogen (secondary N) is 2. The second kappa shape index (κ2) is 7.16. The minimum absolute atomic E-state index is 0.0431. The molecule has 1 aliphatic rings. The van der Waals surface area contributed by atoms with E-state index in [9.17, 15) is 18.0 Å². The number of aromatic nitrogens is 2. The second-order valence-electron chi connectivity index (χ2n) is 6.76. The molecule has 8 nitrogen and oxygen atoms in total. The van der Waals surface area contributed by atoms with Crippen LogP contribution in [0.2, 0.25) is 0 Å². The monoisotopic (exact) mass is 400 g/mol. The summed E-state index contributed by atoms with van der Waals surface area (Å²) >= 11 is 0. The number of urea groups is 1. The van der Waals surface area contributed by atoms with Crippen LogP contribution in [0.15, 0.2) is 64.3 Å². The van der Waals surface area contributed by atoms with Crippen LogP contribution in [0, 0.1) is 0 Å². The molecule has 2 N–H and O–H groups in total. The predicted molar refractivity (Wildman–Crippen MR) is 105 cm³/mol. The molecule has 28 heavy (non-hydrogen) atoms. The van der Waals surface area contributed by atoms with Crippen molar-refractivity contribution in [3.8, 4) is 0 Å². The van der Waals surface area contributed by atoms with Crippen molar-refractivity contribution in [2.45, 2.75) is 23.8 Å². The highest BCUT2D eigenvalue weighted by Gasteiger charge is 2.28. The van der Waals surface area contributed by atoms with Crippen molar-refractivity contribution in [2.24, 2.45) is 0 Å². The van der Waals surface area contributed by atoms with Crippen molar-refractivity contribution in [3.63, 3.8) is 0 Å². The molecular formula is C19H20N4O4S. The Morgan fingerprint density at radius 1 is 1.00 bits per heavy atom. The van der Waals surface area contributed by atoms with Gasteiger partial charge in [-0.15, -0.1) is 0 Å². The summed E-state index contributed by atoms with van der Waals surface area (Å²) in [6.07, 6.45) is 1.14. The van der Waals surface area contributed by atoms with Crippen molar-refractivity contribution in [2.75, 3.05) is 13.1 Å². The molecule has 1 aromatic heterocycles. The van der Waals surface area contributed by atoms with Gasteiger partial charge in [0, 0.05) is 19.1 Å². The molecular weight excluding hydrogens is 380 g/mol. The number of benzene rings is 2. The molecule has 0 spiro atoms. The third kappa shape index (κ3) is 3.40. The van der Waals surface area contributed by atoms with Gasteiger partial charge in [0.05, 0.1) is 15.9 Å². The summed E-state index contributed by atoms with van der Waals surface area (Å²) in [5, 5.41) is 0. The van der Waals surface area contributed by atoms with Gasteiger partial charge in [0.15, 0.2) is 0 Å². The lowest BCUT2D eigenvalue weighted by molar-refractivity contribution is 0.177. The van der Waals surface area contributed by atoms with Crippen molar-refractivity contribution in [1.29, 1.82) is 0 Å². The first kappa shape index (κ1) is 18.3. The van der Waals surface area contributed by atoms with Gasteiger partial charge in [0.2, 0.25) is 0 Å². The number of H-pyrrole nitrogens is 1. The molecule has 1 saturated heterocycles. The summed E-state index contributed by atoms with van der Waals surface area (Å²) in [7, 11) is -3.90. The number of aromatic amines is 1. The predicted octanol–water partition coefficient (Wildman–Crippen LogP) is 2.06. The molecule has 0 radical (unpaired) electrons. The lowest BCUT2D eigenvalue weighted by atomic mass is 10.0. The standard InChI is InChI=1S/C19H20N4O4S/c24-18-20-16-8-4-5-9-17(16)23(18)14-10-12-22(13-11-14)19(25)21-28(26,27)15-6-2-1-3-7-15/h1-9,14H,10-13H2,(H,20,24)(H,21,25). The first-order chi connectivity index (χ1) is 13.5. The Kier molecular flexibility index (Phi) is 4.68. The Morgan fingerprint density at radius 3 is 2.36 bits per heavy atom. The number of fused-ring (bicyclic) bond motifs is 1. The van der Waals surface area contributed by atoms with Crippen LogP contribution in [-0.4, -0.2) is 42.0 Å². The summed E-state index contributed by atoms with van der Waals surface area (Å²) in [5.74, 6) is 0. The number of carbonyl (C=O) groups excluding carboxylic acids is 1. The summed E-state index contributed by atoms with van der Waals surface area (Å²) < 4.78 is 28.5. The largest absolute Gasteiger partial charge is 0.331 e. The van der Waals surface area contributed by atoms with Crippen LogP contribution < -0.4 is 10.4 Å². The van der Waals surface area contributed by atoms with Gasteiger partial charge in [-0.3, -0.25) is 4.57 Å². The molecule has 0 saturated carbocycles. The summed E-state index contributed by atoms with van der Waals surface area (Å²) in [6.45, 7) is 0.736. The summed E-state index contributed by atoms with van der Waals surface area (Å²) in [5.41, 5.74) is 1.44. The van der Waals surface area contributed by atoms with E-state index < -0.39 is 16.1 Å². The van der Waals surface area contributed by atoms with Crippen molar-refractivity contribution < 1.29 is 13.2 Å². The fourth-order valence-corrected chi connectivity index (χ4v) is 4.59. The van der Waals surface area contributed by atoms with Crippen LogP contribution in [-0.2, 0) is 10.0 Å². The molecule has 2 aromatic carbocycles. The number of nitrogens with zero attached hydrogens (tertiary/aromatic N) is 2. The zero-order valence-electron chi connectivity index (χ0n) is 15.0. The van der Waals surface area contributed by atoms with E-state index in [-0.39, 0.29) is 16.6 Å². The normalized spacial score (nSPS) is 15.6. The highest BCUT2D eigenvalue weighted by Crippen LogP contribution is 2.25. The van der Waals surface area contributed by atoms with E-state index in [1.807, 2.05) is 24.3 Å². The summed E-state index contributed by atoms with van der Waals surface area (Å²) in [6, 6.07) is 14.6. The number of para-hydroxylation sites is 2. The zero-order chi connectivity index (χ0) is 19.7. The Morgan fingerprint density at radius 2 is 1.64 bits per heavy atom. The van der Waals surface area contributed by atoms with Crippen LogP contribution >= 0.6 is 0 Å². The number of piperidine rings is 1. The number of hydrogen-bond acceptors (Lipinski definition) is 4. The maximum atomic E-state index is 12.4. The van der Waals surface area contributed by atoms with Crippen LogP contribution in [0.25, 0.3) is 11.0 Å². The van der Waals surface area contributed by atoms with Gasteiger partial charge in [-0.25, -0.2) is 22.7 Å². The van der Waals surface area contributed by atoms with Crippen molar-refractivity contribution in [1.82, 2.24) is 19.2 Å². The van der Waals surface area contributed by atoms with Crippen molar-refractivity contribution >= 4 is 27.1 Å². The number of likely N-dealkylation sites (tertiary alicyclic amines) is 1. The first-order valence-corrected chi connectivity index (χ1v) is 10.5. The molecule has 0 aliphatic carbocycles. The fourth-order valence-electron chi connectivity index (χ4n) is 3.60. The van der Waals surface area contributed by atoms with Gasteiger partial charge < -0.3 is 9.88 Å². The van der Waals surface area contributed by atoms with Gasteiger partial charge in [-0.2, -0.15) is 0 Å². The Balaban J connectivity index is 1.45. The van der Waals surface area contributed by atoms with Gasteiger partial charge >= 0.3 is 11.7 Å². The number of carbonyl (C=O) groups is 1. The minimum Gasteiger partial charge on any atom is -0.324 e. The number of hydrogen-bond donors (Lipinski definition) is 2. The van der Waals surface area contributed by atoms with E-state index >= 15 is 0 Å². The van der Waals surface area contributed by atoms with Gasteiger partial charge in [0.1, 0.15) is 0 Å². The molecule has 9 heteroatoms. The number of sulfonamides is 1. The van der Waals surface area contributed by atoms with E-state index in [1.165, 1.54) is 17.0 Å². The first-order valence-electron chi connectivity index (χ1n) is 9.02. The van der Waals surface area contributed by atoms with Gasteiger partial charge in [0.25, 0.3) is 10.0 Å². The Labute approximate surface area is 161 Å². The average molecular weight is 400 g/mol. The van der Waals surface area contributed by atoms with Crippen LogP contribution in [0.1, 0.15) is 18.9 Å². The quantitative estimate of drug-likeness (QED) is 0.702. The van der Waals surface area contributed by atoms with Crippen LogP contribution in [0.5, 0.6) is 0 Å². The molecule has 3 aromatic rings. The van der Waals surface area contributed by atoms with Gasteiger partial charge in [-0.1, -0.05) is 30.3 Å². The van der Waals surface area contributed by atoms with E-state index in [0.717, 1.165) is 11.0 Å². The molecule has 146 valence electrons. The molecule has 2 heterocycles. The maximum Gasteiger partial charge on any atom is 0.331 e. The minimum atomic E-state index is -3.90. The molecule has 0 unspecified atom stereocenters. The average Bonchev–Trinajstić information content (AvgIpc) is 3.04. The molecule has 1 fully saturated rings. The number of imidazole rings is 1. The van der Waals surface area contributed by atoms with E-state index in [4.69, 9.17) is 0 Å². The van der Waals surface area contributed by atoms with E-state index in [1.54, 1.807) is 22.8 Å². The zero-order valence-corrected chi connectivity index (χ0v) is 15.9. The van der Waals surface area contributed by atoms with E-state index in [2.05, 4.69) is 9.71 Å². The van der Waals surface area contributed by atoms with E-state index in [0.29, 0.717) is 25.9 Å². The fraction of sp³-hybridized carbons (Fsp3) is 0.263. The van der Waals surface area contributed by atoms with Crippen LogP contribution in [0.3, 0.4) is 0 Å². The number of amides is 2. The number of rotatable bonds is 3. The molecule has 2 amide bonds. The molecule has 0 atom stereocenters. The second-order valence-corrected chi connectivity index (χ2v) is 8.44. The third-order valence-electron chi connectivity index (χ3n) is 5.02. The summed E-state index contributed by atoms with van der Waals surface area (Å²) in [4.78, 5) is 29.1. The Bertz CT molecular complexity index is 1160. The van der Waals surface area contributed by atoms with Crippen LogP contribution in [0.4, 0.5) is 4.79 Å². The maximum absolute atomic E-state index is 12.4. The van der Waals surface area contributed by atoms with Gasteiger partial charge in [-0.05, 0) is 37.1 Å². The highest BCUT2D eigenvalue weighted by molar-refractivity contribution is 7.90.